The van der Waals surface area contributed by atoms with Crippen LogP contribution in [0.4, 0.5) is 4.39 Å². The third-order valence-corrected chi connectivity index (χ3v) is 5.76. The number of aryl methyl sites for hydroxylation is 1. The highest BCUT2D eigenvalue weighted by molar-refractivity contribution is 6.33. The highest BCUT2D eigenvalue weighted by atomic mass is 35.5. The van der Waals surface area contributed by atoms with E-state index in [2.05, 4.69) is 9.55 Å². The predicted molar refractivity (Wildman–Crippen MR) is 94.4 cm³/mol. The minimum Gasteiger partial charge on any atom is -0.381 e. The van der Waals surface area contributed by atoms with E-state index in [1.807, 2.05) is 6.20 Å². The largest absolute Gasteiger partial charge is 0.381 e. The van der Waals surface area contributed by atoms with Gasteiger partial charge in [0.15, 0.2) is 0 Å². The summed E-state index contributed by atoms with van der Waals surface area (Å²) >= 11 is 6.31. The van der Waals surface area contributed by atoms with Crippen LogP contribution in [-0.4, -0.2) is 35.0 Å². The summed E-state index contributed by atoms with van der Waals surface area (Å²) in [5.74, 6) is 0.299. The molecule has 3 heterocycles. The average molecular weight is 365 g/mol. The van der Waals surface area contributed by atoms with Gasteiger partial charge < -0.3 is 14.0 Å². The van der Waals surface area contributed by atoms with Crippen LogP contribution in [0, 0.1) is 12.7 Å². The van der Waals surface area contributed by atoms with Crippen molar-refractivity contribution in [1.82, 2.24) is 9.55 Å². The maximum absolute atomic E-state index is 14.7. The number of hydrogen-bond donors (Lipinski definition) is 0. The molecular formula is C19H22ClFN2O2. The zero-order chi connectivity index (χ0) is 17.4. The zero-order valence-corrected chi connectivity index (χ0v) is 15.1. The molecule has 134 valence electrons. The smallest absolute Gasteiger partial charge is 0.144 e. The number of hydrogen-bond acceptors (Lipinski definition) is 3. The average Bonchev–Trinajstić information content (AvgIpc) is 3.09. The lowest BCUT2D eigenvalue weighted by atomic mass is 9.84. The van der Waals surface area contributed by atoms with Gasteiger partial charge in [-0.2, -0.15) is 0 Å². The van der Waals surface area contributed by atoms with E-state index in [0.29, 0.717) is 28.6 Å². The van der Waals surface area contributed by atoms with Crippen molar-refractivity contribution in [3.05, 3.63) is 40.9 Å². The fourth-order valence-electron chi connectivity index (χ4n) is 3.99. The van der Waals surface area contributed by atoms with E-state index in [1.165, 1.54) is 0 Å². The van der Waals surface area contributed by atoms with Gasteiger partial charge >= 0.3 is 0 Å². The molecule has 4 nitrogen and oxygen atoms in total. The number of nitrogens with zero attached hydrogens (tertiary/aromatic N) is 2. The quantitative estimate of drug-likeness (QED) is 0.784. The molecule has 0 N–H and O–H groups in total. The molecule has 2 fully saturated rings. The van der Waals surface area contributed by atoms with Crippen molar-refractivity contribution in [2.45, 2.75) is 44.2 Å². The molecule has 1 unspecified atom stereocenters. The summed E-state index contributed by atoms with van der Waals surface area (Å²) in [7, 11) is 0. The minimum absolute atomic E-state index is 0.127. The van der Waals surface area contributed by atoms with Crippen LogP contribution in [-0.2, 0) is 9.47 Å². The molecule has 0 bridgehead atoms. The van der Waals surface area contributed by atoms with Gasteiger partial charge in [0.1, 0.15) is 11.6 Å². The lowest BCUT2D eigenvalue weighted by Crippen LogP contribution is -2.44. The van der Waals surface area contributed by atoms with Crippen molar-refractivity contribution in [3.8, 4) is 11.4 Å². The van der Waals surface area contributed by atoms with Crippen molar-refractivity contribution >= 4 is 11.6 Å². The molecule has 0 amide bonds. The number of imidazole rings is 1. The fraction of sp³-hybridized carbons (Fsp3) is 0.526. The first-order chi connectivity index (χ1) is 12.1. The van der Waals surface area contributed by atoms with Crippen molar-refractivity contribution in [2.24, 2.45) is 0 Å². The van der Waals surface area contributed by atoms with E-state index in [1.54, 1.807) is 25.3 Å². The Balaban J connectivity index is 1.69. The molecule has 0 aliphatic carbocycles. The first-order valence-corrected chi connectivity index (χ1v) is 9.17. The van der Waals surface area contributed by atoms with Gasteiger partial charge in [0.2, 0.25) is 0 Å². The molecule has 0 saturated carbocycles. The lowest BCUT2D eigenvalue weighted by molar-refractivity contribution is -0.144. The molecule has 1 aromatic heterocycles. The molecule has 1 atom stereocenters. The summed E-state index contributed by atoms with van der Waals surface area (Å²) in [6.45, 7) is 3.92. The van der Waals surface area contributed by atoms with Gasteiger partial charge in [-0.25, -0.2) is 9.37 Å². The van der Waals surface area contributed by atoms with E-state index < -0.39 is 0 Å². The second kappa shape index (κ2) is 6.71. The molecule has 6 heteroatoms. The van der Waals surface area contributed by atoms with Gasteiger partial charge in [-0.1, -0.05) is 17.7 Å². The molecule has 25 heavy (non-hydrogen) atoms. The van der Waals surface area contributed by atoms with Crippen LogP contribution in [0.3, 0.4) is 0 Å². The summed E-state index contributed by atoms with van der Waals surface area (Å²) in [6.07, 6.45) is 7.25. The number of benzene rings is 1. The lowest BCUT2D eigenvalue weighted by Gasteiger charge is -2.43. The highest BCUT2D eigenvalue weighted by Crippen LogP contribution is 2.41. The van der Waals surface area contributed by atoms with E-state index in [9.17, 15) is 4.39 Å². The molecule has 2 aromatic rings. The Morgan fingerprint density at radius 3 is 2.88 bits per heavy atom. The summed E-state index contributed by atoms with van der Waals surface area (Å²) in [6, 6.07) is 3.65. The van der Waals surface area contributed by atoms with E-state index in [-0.39, 0.29) is 17.5 Å². The number of rotatable bonds is 2. The maximum Gasteiger partial charge on any atom is 0.144 e. The Bertz CT molecular complexity index is 765. The van der Waals surface area contributed by atoms with Gasteiger partial charge in [-0.3, -0.25) is 0 Å². The topological polar surface area (TPSA) is 36.3 Å². The van der Waals surface area contributed by atoms with Crippen molar-refractivity contribution in [3.63, 3.8) is 0 Å². The monoisotopic (exact) mass is 364 g/mol. The van der Waals surface area contributed by atoms with Gasteiger partial charge in [-0.05, 0) is 44.2 Å². The molecule has 4 rings (SSSR count). The van der Waals surface area contributed by atoms with Gasteiger partial charge in [0.25, 0.3) is 0 Å². The Labute approximate surface area is 151 Å². The Hall–Kier alpha value is -1.43. The number of ether oxygens (including phenoxy) is 2. The molecule has 1 spiro atoms. The Morgan fingerprint density at radius 2 is 2.08 bits per heavy atom. The first kappa shape index (κ1) is 17.0. The summed E-state index contributed by atoms with van der Waals surface area (Å²) < 4.78 is 28.4. The zero-order valence-electron chi connectivity index (χ0n) is 14.3. The summed E-state index contributed by atoms with van der Waals surface area (Å²) in [5, 5.41) is 0.392. The van der Waals surface area contributed by atoms with Crippen LogP contribution < -0.4 is 0 Å². The number of halogens is 2. The van der Waals surface area contributed by atoms with E-state index in [4.69, 9.17) is 21.1 Å². The van der Waals surface area contributed by atoms with E-state index in [0.717, 1.165) is 38.9 Å². The van der Waals surface area contributed by atoms with Crippen molar-refractivity contribution < 1.29 is 13.9 Å². The van der Waals surface area contributed by atoms with Gasteiger partial charge in [-0.15, -0.1) is 0 Å². The second-order valence-electron chi connectivity index (χ2n) is 7.00. The molecule has 2 aliphatic heterocycles. The standard InChI is InChI=1S/C19H22ClFN2O2/c1-13-2-3-15(20)16(17(13)21)18-22-7-8-23(18)14-4-9-25-19(12-14)5-10-24-11-6-19/h2-3,7-8,14H,4-6,9-12H2,1H3. The second-order valence-corrected chi connectivity index (χ2v) is 7.41. The summed E-state index contributed by atoms with van der Waals surface area (Å²) in [5.41, 5.74) is 0.832. The van der Waals surface area contributed by atoms with Crippen LogP contribution in [0.1, 0.15) is 37.3 Å². The third kappa shape index (κ3) is 3.09. The van der Waals surface area contributed by atoms with Gasteiger partial charge in [0, 0.05) is 38.3 Å². The number of aromatic nitrogens is 2. The molecule has 1 aromatic carbocycles. The van der Waals surface area contributed by atoms with Crippen LogP contribution in [0.5, 0.6) is 0 Å². The maximum atomic E-state index is 14.7. The first-order valence-electron chi connectivity index (χ1n) is 8.79. The normalized spacial score (nSPS) is 23.1. The van der Waals surface area contributed by atoms with Gasteiger partial charge in [0.05, 0.1) is 16.2 Å². The van der Waals surface area contributed by atoms with Crippen LogP contribution in [0.15, 0.2) is 24.5 Å². The highest BCUT2D eigenvalue weighted by Gasteiger charge is 2.40. The SMILES string of the molecule is Cc1ccc(Cl)c(-c2nccn2C2CCOC3(CCOCC3)C2)c1F. The van der Waals surface area contributed by atoms with Crippen molar-refractivity contribution in [1.29, 1.82) is 0 Å². The van der Waals surface area contributed by atoms with Crippen LogP contribution >= 0.6 is 11.6 Å². The predicted octanol–water partition coefficient (Wildman–Crippen LogP) is 4.55. The van der Waals surface area contributed by atoms with Crippen LogP contribution in [0.25, 0.3) is 11.4 Å². The van der Waals surface area contributed by atoms with E-state index >= 15 is 0 Å². The molecule has 0 radical (unpaired) electrons. The minimum atomic E-state index is -0.298. The molecule has 2 aliphatic rings. The Kier molecular flexibility index (Phi) is 4.56. The molecule has 2 saturated heterocycles. The molecular weight excluding hydrogens is 343 g/mol. The summed E-state index contributed by atoms with van der Waals surface area (Å²) in [4.78, 5) is 4.43. The Morgan fingerprint density at radius 1 is 1.28 bits per heavy atom. The fourth-order valence-corrected chi connectivity index (χ4v) is 4.22. The van der Waals surface area contributed by atoms with Crippen LogP contribution in [0.2, 0.25) is 5.02 Å². The van der Waals surface area contributed by atoms with Crippen molar-refractivity contribution in [2.75, 3.05) is 19.8 Å². The third-order valence-electron chi connectivity index (χ3n) is 5.44.